The predicted molar refractivity (Wildman–Crippen MR) is 135 cm³/mol. The lowest BCUT2D eigenvalue weighted by molar-refractivity contribution is 0.201. The largest absolute Gasteiger partial charge is 0.491 e. The van der Waals surface area contributed by atoms with E-state index >= 15 is 0 Å². The lowest BCUT2D eigenvalue weighted by Gasteiger charge is -2.13. The number of nitrogens with zero attached hydrogens (tertiary/aromatic N) is 5. The van der Waals surface area contributed by atoms with Crippen LogP contribution in [0.15, 0.2) is 41.5 Å². The van der Waals surface area contributed by atoms with Crippen molar-refractivity contribution in [3.8, 4) is 28.1 Å². The van der Waals surface area contributed by atoms with Gasteiger partial charge in [-0.3, -0.25) is 13.8 Å². The Kier molecular flexibility index (Phi) is 5.40. The van der Waals surface area contributed by atoms with Crippen LogP contribution in [0, 0.1) is 5.95 Å². The molecule has 1 saturated carbocycles. The van der Waals surface area contributed by atoms with E-state index in [9.17, 15) is 9.18 Å². The Morgan fingerprint density at radius 3 is 2.61 bits per heavy atom. The standard InChI is InChI=1S/C26H27FN6O3/c1-31-14-18(24(27)30-31)22-20(15-7-9-17(10-8-15)36-12-11-34)21-23-19(13-28-25(21)29-22)32(2)26(35)33(23)16-5-3-4-6-16/h7-10,13-14,16,34H,3-6,11-12H2,1-2H3,(H,28,29). The fraction of sp³-hybridized carbons (Fsp3) is 0.346. The number of nitrogens with one attached hydrogen (secondary N) is 1. The molecule has 2 N–H and O–H groups in total. The zero-order valence-corrected chi connectivity index (χ0v) is 20.2. The average molecular weight is 491 g/mol. The second-order valence-corrected chi connectivity index (χ2v) is 9.34. The van der Waals surface area contributed by atoms with Crippen LogP contribution < -0.4 is 10.4 Å². The van der Waals surface area contributed by atoms with Gasteiger partial charge in [-0.15, -0.1) is 5.10 Å². The molecule has 1 aliphatic rings. The zero-order valence-electron chi connectivity index (χ0n) is 20.2. The quantitative estimate of drug-likeness (QED) is 0.376. The number of benzene rings is 1. The number of hydrogen-bond donors (Lipinski definition) is 2. The number of pyridine rings is 1. The van der Waals surface area contributed by atoms with Gasteiger partial charge >= 0.3 is 5.69 Å². The number of aryl methyl sites for hydroxylation is 2. The van der Waals surface area contributed by atoms with Crippen molar-refractivity contribution in [3.63, 3.8) is 0 Å². The molecule has 0 radical (unpaired) electrons. The molecule has 0 spiro atoms. The van der Waals surface area contributed by atoms with E-state index in [1.54, 1.807) is 31.1 Å². The molecule has 10 heteroatoms. The van der Waals surface area contributed by atoms with Crippen LogP contribution in [0.1, 0.15) is 31.7 Å². The Morgan fingerprint density at radius 2 is 1.94 bits per heavy atom. The van der Waals surface area contributed by atoms with Crippen LogP contribution in [0.5, 0.6) is 5.75 Å². The maximum absolute atomic E-state index is 15.0. The molecule has 1 fully saturated rings. The number of H-pyrrole nitrogens is 1. The molecule has 0 amide bonds. The van der Waals surface area contributed by atoms with Crippen molar-refractivity contribution in [2.24, 2.45) is 14.1 Å². The molecule has 1 aliphatic carbocycles. The second kappa shape index (κ2) is 8.63. The summed E-state index contributed by atoms with van der Waals surface area (Å²) in [4.78, 5) is 21.4. The van der Waals surface area contributed by atoms with E-state index in [-0.39, 0.29) is 24.9 Å². The SMILES string of the molecule is Cn1cc(-c2[nH]c3ncc4c(c3c2-c2ccc(OCCO)cc2)n(C2CCCC2)c(=O)n4C)c(F)n1. The number of aliphatic hydroxyl groups excluding tert-OH is 1. The molecule has 6 rings (SSSR count). The van der Waals surface area contributed by atoms with Gasteiger partial charge < -0.3 is 14.8 Å². The normalized spacial score (nSPS) is 14.4. The summed E-state index contributed by atoms with van der Waals surface area (Å²) in [5, 5.41) is 13.8. The van der Waals surface area contributed by atoms with Crippen LogP contribution in [-0.2, 0) is 14.1 Å². The highest BCUT2D eigenvalue weighted by Crippen LogP contribution is 2.43. The smallest absolute Gasteiger partial charge is 0.329 e. The summed E-state index contributed by atoms with van der Waals surface area (Å²) in [5.74, 6) is 0.0262. The number of aliphatic hydroxyl groups is 1. The third-order valence-electron chi connectivity index (χ3n) is 7.12. The zero-order chi connectivity index (χ0) is 25.0. The second-order valence-electron chi connectivity index (χ2n) is 9.34. The van der Waals surface area contributed by atoms with Gasteiger partial charge in [0.2, 0.25) is 5.95 Å². The highest BCUT2D eigenvalue weighted by molar-refractivity contribution is 6.14. The van der Waals surface area contributed by atoms with Crippen LogP contribution in [-0.4, -0.2) is 47.2 Å². The highest BCUT2D eigenvalue weighted by Gasteiger charge is 2.28. The van der Waals surface area contributed by atoms with Gasteiger partial charge in [0.1, 0.15) is 18.0 Å². The van der Waals surface area contributed by atoms with Gasteiger partial charge in [0.05, 0.1) is 40.5 Å². The maximum atomic E-state index is 15.0. The molecule has 5 aromatic rings. The third kappa shape index (κ3) is 3.43. The van der Waals surface area contributed by atoms with Crippen molar-refractivity contribution in [2.75, 3.05) is 13.2 Å². The molecule has 36 heavy (non-hydrogen) atoms. The lowest BCUT2D eigenvalue weighted by atomic mass is 9.99. The van der Waals surface area contributed by atoms with Crippen LogP contribution in [0.4, 0.5) is 4.39 Å². The van der Waals surface area contributed by atoms with Gasteiger partial charge in [-0.2, -0.15) is 4.39 Å². The van der Waals surface area contributed by atoms with Gasteiger partial charge in [-0.25, -0.2) is 9.78 Å². The van der Waals surface area contributed by atoms with E-state index in [0.717, 1.165) is 53.2 Å². The Bertz CT molecular complexity index is 1640. The van der Waals surface area contributed by atoms with Crippen molar-refractivity contribution < 1.29 is 14.2 Å². The summed E-state index contributed by atoms with van der Waals surface area (Å²) in [6.07, 6.45) is 7.41. The minimum atomic E-state index is -0.592. The number of imidazole rings is 1. The summed E-state index contributed by atoms with van der Waals surface area (Å²) in [7, 11) is 3.44. The molecule has 0 bridgehead atoms. The summed E-state index contributed by atoms with van der Waals surface area (Å²) in [6, 6.07) is 7.54. The average Bonchev–Trinajstić information content (AvgIpc) is 3.64. The van der Waals surface area contributed by atoms with Gasteiger partial charge in [-0.05, 0) is 30.5 Å². The van der Waals surface area contributed by atoms with Gasteiger partial charge in [0.25, 0.3) is 0 Å². The Morgan fingerprint density at radius 1 is 1.19 bits per heavy atom. The van der Waals surface area contributed by atoms with Crippen LogP contribution >= 0.6 is 0 Å². The van der Waals surface area contributed by atoms with E-state index in [4.69, 9.17) is 9.84 Å². The molecule has 0 aliphatic heterocycles. The number of ether oxygens (including phenoxy) is 1. The summed E-state index contributed by atoms with van der Waals surface area (Å²) < 4.78 is 25.5. The molecular weight excluding hydrogens is 463 g/mol. The number of fused-ring (bicyclic) bond motifs is 3. The van der Waals surface area contributed by atoms with Crippen molar-refractivity contribution in [1.82, 2.24) is 28.9 Å². The summed E-state index contributed by atoms with van der Waals surface area (Å²) in [6.45, 7) is 0.117. The number of rotatable bonds is 6. The third-order valence-corrected chi connectivity index (χ3v) is 7.12. The molecule has 0 unspecified atom stereocenters. The van der Waals surface area contributed by atoms with Gasteiger partial charge in [0.15, 0.2) is 0 Å². The molecule has 0 atom stereocenters. The maximum Gasteiger partial charge on any atom is 0.329 e. The molecule has 186 valence electrons. The fourth-order valence-corrected chi connectivity index (χ4v) is 5.48. The fourth-order valence-electron chi connectivity index (χ4n) is 5.48. The minimum Gasteiger partial charge on any atom is -0.491 e. The lowest BCUT2D eigenvalue weighted by Crippen LogP contribution is -2.24. The van der Waals surface area contributed by atoms with Gasteiger partial charge in [0, 0.05) is 31.9 Å². The first-order valence-corrected chi connectivity index (χ1v) is 12.1. The molecule has 0 saturated heterocycles. The monoisotopic (exact) mass is 490 g/mol. The molecule has 1 aromatic carbocycles. The molecule has 9 nitrogen and oxygen atoms in total. The van der Waals surface area contributed by atoms with Gasteiger partial charge in [-0.1, -0.05) is 25.0 Å². The Labute approximate surface area is 205 Å². The van der Waals surface area contributed by atoms with Crippen LogP contribution in [0.3, 0.4) is 0 Å². The number of hydrogen-bond acceptors (Lipinski definition) is 5. The van der Waals surface area contributed by atoms with Crippen LogP contribution in [0.2, 0.25) is 0 Å². The van der Waals surface area contributed by atoms with Crippen LogP contribution in [0.25, 0.3) is 44.5 Å². The highest BCUT2D eigenvalue weighted by atomic mass is 19.1. The first kappa shape index (κ1) is 22.5. The molecule has 4 aromatic heterocycles. The van der Waals surface area contributed by atoms with Crippen molar-refractivity contribution in [3.05, 3.63) is 53.1 Å². The Hall–Kier alpha value is -3.92. The minimum absolute atomic E-state index is 0.0693. The van der Waals surface area contributed by atoms with E-state index in [1.807, 2.05) is 28.8 Å². The number of aromatic nitrogens is 6. The Balaban J connectivity index is 1.69. The summed E-state index contributed by atoms with van der Waals surface area (Å²) >= 11 is 0. The summed E-state index contributed by atoms with van der Waals surface area (Å²) in [5.41, 5.74) is 4.50. The van der Waals surface area contributed by atoms with Crippen molar-refractivity contribution in [1.29, 1.82) is 0 Å². The predicted octanol–water partition coefficient (Wildman–Crippen LogP) is 3.91. The first-order valence-electron chi connectivity index (χ1n) is 12.1. The van der Waals surface area contributed by atoms with Crippen molar-refractivity contribution >= 4 is 22.1 Å². The number of aromatic amines is 1. The topological polar surface area (TPSA) is 103 Å². The molecule has 4 heterocycles. The van der Waals surface area contributed by atoms with E-state index in [0.29, 0.717) is 22.7 Å². The van der Waals surface area contributed by atoms with E-state index < -0.39 is 5.95 Å². The van der Waals surface area contributed by atoms with E-state index in [2.05, 4.69) is 15.1 Å². The van der Waals surface area contributed by atoms with E-state index in [1.165, 1.54) is 4.68 Å². The molecular formula is C26H27FN6O3. The first-order chi connectivity index (χ1) is 17.5. The number of halogens is 1. The van der Waals surface area contributed by atoms with Crippen molar-refractivity contribution in [2.45, 2.75) is 31.7 Å².